The number of esters is 1. The number of aliphatic hydroxyl groups is 1. The number of carbonyl (C=O) groups is 2. The van der Waals surface area contributed by atoms with Gasteiger partial charge in [0.25, 0.3) is 0 Å². The number of Topliss-reactive ketones (excluding diaryl/α,β-unsaturated/α-hetero) is 1. The molecular formula is C17H32O4. The van der Waals surface area contributed by atoms with Gasteiger partial charge in [-0.15, -0.1) is 0 Å². The highest BCUT2D eigenvalue weighted by atomic mass is 16.5. The minimum atomic E-state index is -0.515. The van der Waals surface area contributed by atoms with Crippen LogP contribution in [0.1, 0.15) is 60.3 Å². The summed E-state index contributed by atoms with van der Waals surface area (Å²) in [5.41, 5.74) is -0.515. The molecule has 3 atom stereocenters. The Kier molecular flexibility index (Phi) is 8.79. The van der Waals surface area contributed by atoms with Crippen LogP contribution >= 0.6 is 0 Å². The molecule has 0 saturated heterocycles. The van der Waals surface area contributed by atoms with Crippen LogP contribution in [0.15, 0.2) is 0 Å². The van der Waals surface area contributed by atoms with Gasteiger partial charge in [-0.25, -0.2) is 0 Å². The third-order valence-corrected chi connectivity index (χ3v) is 4.77. The minimum Gasteiger partial charge on any atom is -0.469 e. The van der Waals surface area contributed by atoms with Crippen molar-refractivity contribution in [2.75, 3.05) is 13.7 Å². The number of hydrogen-bond acceptors (Lipinski definition) is 4. The summed E-state index contributed by atoms with van der Waals surface area (Å²) in [6.45, 7) is 10.2. The molecule has 124 valence electrons. The quantitative estimate of drug-likeness (QED) is 0.629. The van der Waals surface area contributed by atoms with Crippen LogP contribution in [-0.2, 0) is 14.3 Å². The first-order valence-electron chi connectivity index (χ1n) is 7.89. The Labute approximate surface area is 129 Å². The fourth-order valence-electron chi connectivity index (χ4n) is 2.66. The highest BCUT2D eigenvalue weighted by Crippen LogP contribution is 2.33. The van der Waals surface area contributed by atoms with Crippen molar-refractivity contribution in [2.24, 2.45) is 23.2 Å². The van der Waals surface area contributed by atoms with Gasteiger partial charge >= 0.3 is 5.97 Å². The summed E-state index contributed by atoms with van der Waals surface area (Å²) < 4.78 is 4.64. The van der Waals surface area contributed by atoms with E-state index in [1.54, 1.807) is 0 Å². The Balaban J connectivity index is 4.61. The zero-order valence-corrected chi connectivity index (χ0v) is 14.4. The predicted molar refractivity (Wildman–Crippen MR) is 83.8 cm³/mol. The largest absolute Gasteiger partial charge is 0.469 e. The first-order chi connectivity index (χ1) is 9.67. The lowest BCUT2D eigenvalue weighted by molar-refractivity contribution is -0.142. The van der Waals surface area contributed by atoms with Gasteiger partial charge in [0.15, 0.2) is 0 Å². The van der Waals surface area contributed by atoms with Gasteiger partial charge in [0.2, 0.25) is 0 Å². The van der Waals surface area contributed by atoms with E-state index in [2.05, 4.69) is 18.6 Å². The van der Waals surface area contributed by atoms with Crippen molar-refractivity contribution in [2.45, 2.75) is 60.3 Å². The highest BCUT2D eigenvalue weighted by molar-refractivity contribution is 5.86. The second-order valence-corrected chi connectivity index (χ2v) is 6.82. The number of carbonyl (C=O) groups excluding carboxylic acids is 2. The Morgan fingerprint density at radius 2 is 1.76 bits per heavy atom. The third-order valence-electron chi connectivity index (χ3n) is 4.77. The molecule has 0 aliphatic rings. The van der Waals surface area contributed by atoms with E-state index in [9.17, 15) is 9.59 Å². The van der Waals surface area contributed by atoms with Crippen LogP contribution in [0.4, 0.5) is 0 Å². The van der Waals surface area contributed by atoms with Crippen LogP contribution in [0.3, 0.4) is 0 Å². The van der Waals surface area contributed by atoms with Crippen molar-refractivity contribution in [1.82, 2.24) is 0 Å². The van der Waals surface area contributed by atoms with Gasteiger partial charge < -0.3 is 9.84 Å². The number of ketones is 1. The monoisotopic (exact) mass is 300 g/mol. The summed E-state index contributed by atoms with van der Waals surface area (Å²) in [5, 5.41) is 8.91. The molecule has 0 bridgehead atoms. The topological polar surface area (TPSA) is 63.6 Å². The van der Waals surface area contributed by atoms with Crippen molar-refractivity contribution in [3.63, 3.8) is 0 Å². The van der Waals surface area contributed by atoms with Crippen molar-refractivity contribution in [3.8, 4) is 0 Å². The molecule has 4 nitrogen and oxygen atoms in total. The molecule has 0 fully saturated rings. The maximum atomic E-state index is 12.7. The second-order valence-electron chi connectivity index (χ2n) is 6.82. The fraction of sp³-hybridized carbons (Fsp3) is 0.882. The van der Waals surface area contributed by atoms with Crippen molar-refractivity contribution in [3.05, 3.63) is 0 Å². The normalized spacial score (nSPS) is 16.1. The van der Waals surface area contributed by atoms with E-state index in [0.717, 1.165) is 12.8 Å². The predicted octanol–water partition coefficient (Wildman–Crippen LogP) is 3.22. The maximum Gasteiger partial charge on any atom is 0.305 e. The summed E-state index contributed by atoms with van der Waals surface area (Å²) in [6.07, 6.45) is 2.49. The van der Waals surface area contributed by atoms with E-state index in [0.29, 0.717) is 12.3 Å². The average molecular weight is 300 g/mol. The van der Waals surface area contributed by atoms with E-state index in [1.807, 2.05) is 20.8 Å². The van der Waals surface area contributed by atoms with Gasteiger partial charge in [0, 0.05) is 24.4 Å². The van der Waals surface area contributed by atoms with Gasteiger partial charge in [-0.1, -0.05) is 34.6 Å². The molecular weight excluding hydrogens is 268 g/mol. The Morgan fingerprint density at radius 1 is 1.19 bits per heavy atom. The zero-order valence-electron chi connectivity index (χ0n) is 14.4. The number of ether oxygens (including phenoxy) is 1. The molecule has 0 spiro atoms. The summed E-state index contributed by atoms with van der Waals surface area (Å²) in [4.78, 5) is 23.9. The number of rotatable bonds is 10. The van der Waals surface area contributed by atoms with Crippen LogP contribution in [0, 0.1) is 23.2 Å². The van der Waals surface area contributed by atoms with E-state index in [-0.39, 0.29) is 36.6 Å². The van der Waals surface area contributed by atoms with Gasteiger partial charge in [0.1, 0.15) is 5.78 Å². The van der Waals surface area contributed by atoms with Gasteiger partial charge in [-0.2, -0.15) is 0 Å². The molecule has 1 N–H and O–H groups in total. The zero-order chi connectivity index (χ0) is 16.6. The lowest BCUT2D eigenvalue weighted by Gasteiger charge is -2.32. The van der Waals surface area contributed by atoms with Crippen molar-refractivity contribution >= 4 is 11.8 Å². The highest BCUT2D eigenvalue weighted by Gasteiger charge is 2.35. The molecule has 0 aliphatic heterocycles. The van der Waals surface area contributed by atoms with Gasteiger partial charge in [-0.05, 0) is 31.1 Å². The van der Waals surface area contributed by atoms with Gasteiger partial charge in [-0.3, -0.25) is 9.59 Å². The maximum absolute atomic E-state index is 12.7. The van der Waals surface area contributed by atoms with E-state index in [1.165, 1.54) is 7.11 Å². The minimum absolute atomic E-state index is 0.0497. The van der Waals surface area contributed by atoms with E-state index >= 15 is 0 Å². The molecule has 4 heteroatoms. The molecule has 0 rings (SSSR count). The first kappa shape index (κ1) is 20.1. The van der Waals surface area contributed by atoms with Crippen molar-refractivity contribution < 1.29 is 19.4 Å². The van der Waals surface area contributed by atoms with Crippen LogP contribution in [0.5, 0.6) is 0 Å². The van der Waals surface area contributed by atoms with Crippen LogP contribution in [0.2, 0.25) is 0 Å². The molecule has 0 aromatic heterocycles. The molecule has 0 amide bonds. The Hall–Kier alpha value is -0.900. The molecule has 0 aromatic carbocycles. The number of aliphatic hydroxyl groups excluding tert-OH is 1. The third kappa shape index (κ3) is 6.60. The molecule has 0 aliphatic carbocycles. The van der Waals surface area contributed by atoms with Crippen LogP contribution in [0.25, 0.3) is 0 Å². The smallest absolute Gasteiger partial charge is 0.305 e. The Bertz CT molecular complexity index is 336. The summed E-state index contributed by atoms with van der Waals surface area (Å²) in [6, 6.07) is 0. The molecule has 0 heterocycles. The number of hydrogen-bond donors (Lipinski definition) is 1. The standard InChI is InChI=1S/C17H32O4/c1-12(8-7-11-18)13(2)14(3)16(20)17(4,5)10-9-15(19)21-6/h12-14,18H,7-11H2,1-6H3/t12-,13-,14+/m0/s1. The number of methoxy groups -OCH3 is 1. The summed E-state index contributed by atoms with van der Waals surface area (Å²) in [7, 11) is 1.37. The lowest BCUT2D eigenvalue weighted by Crippen LogP contribution is -2.35. The SMILES string of the molecule is COC(=O)CCC(C)(C)C(=O)[C@H](C)[C@@H](C)[C@@H](C)CCCO. The van der Waals surface area contributed by atoms with E-state index < -0.39 is 5.41 Å². The fourth-order valence-corrected chi connectivity index (χ4v) is 2.66. The second kappa shape index (κ2) is 9.19. The van der Waals surface area contributed by atoms with E-state index in [4.69, 9.17) is 5.11 Å². The molecule has 0 aromatic rings. The van der Waals surface area contributed by atoms with Gasteiger partial charge in [0.05, 0.1) is 7.11 Å². The average Bonchev–Trinajstić information content (AvgIpc) is 2.47. The summed E-state index contributed by atoms with van der Waals surface area (Å²) >= 11 is 0. The lowest BCUT2D eigenvalue weighted by atomic mass is 9.71. The molecule has 21 heavy (non-hydrogen) atoms. The first-order valence-corrected chi connectivity index (χ1v) is 7.89. The van der Waals surface area contributed by atoms with Crippen molar-refractivity contribution in [1.29, 1.82) is 0 Å². The molecule has 0 radical (unpaired) electrons. The molecule has 0 unspecified atom stereocenters. The van der Waals surface area contributed by atoms with Crippen LogP contribution in [-0.4, -0.2) is 30.6 Å². The Morgan fingerprint density at radius 3 is 2.24 bits per heavy atom. The summed E-state index contributed by atoms with van der Waals surface area (Å²) in [5.74, 6) is 0.544. The molecule has 0 saturated carbocycles. The van der Waals surface area contributed by atoms with Crippen LogP contribution < -0.4 is 0 Å².